The molecule has 0 fully saturated rings. The molecule has 1 heterocycles. The number of phenolic OH excluding ortho intramolecular Hbond substituents is 1. The minimum atomic E-state index is -0.105. The van der Waals surface area contributed by atoms with Gasteiger partial charge in [-0.3, -0.25) is 0 Å². The molecule has 0 saturated carbocycles. The summed E-state index contributed by atoms with van der Waals surface area (Å²) >= 11 is 0. The molecule has 1 aliphatic rings. The van der Waals surface area contributed by atoms with Crippen LogP contribution in [0.25, 0.3) is 0 Å². The highest BCUT2D eigenvalue weighted by molar-refractivity contribution is 6.07. The number of methoxy groups -OCH3 is 1. The maximum atomic E-state index is 9.77. The van der Waals surface area contributed by atoms with Gasteiger partial charge in [-0.25, -0.2) is 0 Å². The fourth-order valence-corrected chi connectivity index (χ4v) is 4.63. The van der Waals surface area contributed by atoms with Crippen molar-refractivity contribution < 1.29 is 14.4 Å². The maximum absolute atomic E-state index is 9.77. The number of hydrogen-bond acceptors (Lipinski definition) is 3. The van der Waals surface area contributed by atoms with Crippen LogP contribution < -0.4 is 9.64 Å². The van der Waals surface area contributed by atoms with Crippen molar-refractivity contribution in [2.24, 2.45) is 0 Å². The molecular weight excluding hydrogens is 384 g/mol. The van der Waals surface area contributed by atoms with E-state index in [1.165, 1.54) is 22.5 Å². The number of phenols is 1. The van der Waals surface area contributed by atoms with Crippen LogP contribution in [0.3, 0.4) is 0 Å². The molecule has 158 valence electrons. The van der Waals surface area contributed by atoms with Crippen molar-refractivity contribution in [1.29, 1.82) is 0 Å². The van der Waals surface area contributed by atoms with Gasteiger partial charge in [0.1, 0.15) is 18.5 Å². The van der Waals surface area contributed by atoms with E-state index in [9.17, 15) is 5.11 Å². The second-order valence-corrected chi connectivity index (χ2v) is 8.45. The third-order valence-electron chi connectivity index (χ3n) is 6.04. The first-order valence-corrected chi connectivity index (χ1v) is 10.4. The quantitative estimate of drug-likeness (QED) is 0.510. The van der Waals surface area contributed by atoms with Crippen molar-refractivity contribution in [3.8, 4) is 11.5 Å². The van der Waals surface area contributed by atoms with E-state index >= 15 is 0 Å². The number of ether oxygens (including phenoxy) is 1. The van der Waals surface area contributed by atoms with E-state index in [1.807, 2.05) is 36.4 Å². The standard InChI is InChI=1S/C27H28N2O2/c1-19(26-27(2,3)24-8-6-7-9-25(24)28(26)4)18-29(20-10-14-22(30)15-11-20)21-12-16-23(31-5)17-13-21/h6-18H,1-5H3/p+1. The summed E-state index contributed by atoms with van der Waals surface area (Å²) in [4.78, 5) is 2.15. The number of aromatic hydroxyl groups is 1. The number of allylic oxidation sites excluding steroid dienone is 1. The number of rotatable bonds is 5. The Morgan fingerprint density at radius 1 is 0.935 bits per heavy atom. The van der Waals surface area contributed by atoms with Gasteiger partial charge in [0.2, 0.25) is 5.69 Å². The molecule has 0 bridgehead atoms. The molecule has 4 rings (SSSR count). The van der Waals surface area contributed by atoms with Gasteiger partial charge in [0.25, 0.3) is 0 Å². The minimum absolute atomic E-state index is 0.105. The molecule has 4 nitrogen and oxygen atoms in total. The number of anilines is 2. The van der Waals surface area contributed by atoms with Crippen LogP contribution in [0.4, 0.5) is 17.1 Å². The number of nitrogens with zero attached hydrogens (tertiary/aromatic N) is 2. The molecule has 0 atom stereocenters. The normalized spacial score (nSPS) is 15.1. The first-order valence-electron chi connectivity index (χ1n) is 10.4. The molecule has 0 aromatic heterocycles. The Balaban J connectivity index is 1.82. The molecule has 1 aliphatic heterocycles. The van der Waals surface area contributed by atoms with Gasteiger partial charge in [0, 0.05) is 34.8 Å². The Morgan fingerprint density at radius 2 is 1.52 bits per heavy atom. The number of fused-ring (bicyclic) bond motifs is 1. The highest BCUT2D eigenvalue weighted by Crippen LogP contribution is 2.41. The smallest absolute Gasteiger partial charge is 0.209 e. The van der Waals surface area contributed by atoms with Gasteiger partial charge in [0.15, 0.2) is 5.71 Å². The molecular formula is C27H29N2O2+. The van der Waals surface area contributed by atoms with E-state index in [2.05, 4.69) is 67.8 Å². The third kappa shape index (κ3) is 3.70. The first-order chi connectivity index (χ1) is 14.8. The highest BCUT2D eigenvalue weighted by Gasteiger charge is 2.44. The third-order valence-corrected chi connectivity index (χ3v) is 6.04. The maximum Gasteiger partial charge on any atom is 0.209 e. The Labute approximate surface area is 184 Å². The van der Waals surface area contributed by atoms with E-state index in [0.717, 1.165) is 17.1 Å². The number of para-hydroxylation sites is 1. The van der Waals surface area contributed by atoms with Gasteiger partial charge in [-0.2, -0.15) is 4.58 Å². The lowest BCUT2D eigenvalue weighted by atomic mass is 9.79. The van der Waals surface area contributed by atoms with E-state index < -0.39 is 0 Å². The Bertz CT molecular complexity index is 1160. The van der Waals surface area contributed by atoms with Gasteiger partial charge >= 0.3 is 0 Å². The largest absolute Gasteiger partial charge is 0.508 e. The second-order valence-electron chi connectivity index (χ2n) is 8.45. The molecule has 4 heteroatoms. The minimum Gasteiger partial charge on any atom is -0.508 e. The zero-order valence-electron chi connectivity index (χ0n) is 18.8. The van der Waals surface area contributed by atoms with Crippen LogP contribution in [-0.2, 0) is 5.41 Å². The number of hydrogen-bond donors (Lipinski definition) is 1. The monoisotopic (exact) mass is 413 g/mol. The molecule has 0 spiro atoms. The lowest BCUT2D eigenvalue weighted by Gasteiger charge is -2.24. The summed E-state index contributed by atoms with van der Waals surface area (Å²) < 4.78 is 7.63. The lowest BCUT2D eigenvalue weighted by molar-refractivity contribution is -0.402. The zero-order chi connectivity index (χ0) is 22.2. The van der Waals surface area contributed by atoms with Crippen LogP contribution in [0.5, 0.6) is 11.5 Å². The van der Waals surface area contributed by atoms with Crippen molar-refractivity contribution in [2.45, 2.75) is 26.2 Å². The van der Waals surface area contributed by atoms with Crippen LogP contribution in [-0.4, -0.2) is 29.6 Å². The lowest BCUT2D eigenvalue weighted by Crippen LogP contribution is -2.30. The molecule has 0 aliphatic carbocycles. The average Bonchev–Trinajstić information content (AvgIpc) is 2.98. The fraction of sp³-hybridized carbons (Fsp3) is 0.222. The Kier molecular flexibility index (Phi) is 5.32. The van der Waals surface area contributed by atoms with E-state index in [4.69, 9.17) is 4.74 Å². The SMILES string of the molecule is COc1ccc(N(C=C(C)C2=[N+](C)c3ccccc3C2(C)C)c2ccc(O)cc2)cc1. The Hall–Kier alpha value is -3.53. The summed E-state index contributed by atoms with van der Waals surface area (Å²) in [6.07, 6.45) is 2.17. The summed E-state index contributed by atoms with van der Waals surface area (Å²) in [5.41, 5.74) is 6.91. The van der Waals surface area contributed by atoms with Crippen LogP contribution in [0.15, 0.2) is 84.6 Å². The molecule has 1 N–H and O–H groups in total. The molecule has 0 radical (unpaired) electrons. The molecule has 3 aromatic carbocycles. The summed E-state index contributed by atoms with van der Waals surface area (Å²) in [5, 5.41) is 9.77. The topological polar surface area (TPSA) is 35.7 Å². The van der Waals surface area contributed by atoms with Gasteiger partial charge in [-0.15, -0.1) is 0 Å². The molecule has 31 heavy (non-hydrogen) atoms. The summed E-state index contributed by atoms with van der Waals surface area (Å²) in [5.74, 6) is 1.07. The van der Waals surface area contributed by atoms with Gasteiger partial charge < -0.3 is 14.7 Å². The highest BCUT2D eigenvalue weighted by atomic mass is 16.5. The van der Waals surface area contributed by atoms with Crippen LogP contribution in [0.1, 0.15) is 26.3 Å². The molecule has 0 amide bonds. The number of benzene rings is 3. The predicted octanol–water partition coefficient (Wildman–Crippen LogP) is 6.15. The molecule has 0 unspecified atom stereocenters. The van der Waals surface area contributed by atoms with Crippen molar-refractivity contribution in [1.82, 2.24) is 0 Å². The van der Waals surface area contributed by atoms with E-state index in [0.29, 0.717) is 0 Å². The van der Waals surface area contributed by atoms with E-state index in [-0.39, 0.29) is 11.2 Å². The first kappa shape index (κ1) is 20.7. The summed E-state index contributed by atoms with van der Waals surface area (Å²) in [7, 11) is 3.81. The van der Waals surface area contributed by atoms with Gasteiger partial charge in [0.05, 0.1) is 12.5 Å². The van der Waals surface area contributed by atoms with Crippen LogP contribution in [0, 0.1) is 0 Å². The summed E-state index contributed by atoms with van der Waals surface area (Å²) in [6.45, 7) is 6.72. The van der Waals surface area contributed by atoms with Crippen molar-refractivity contribution in [3.63, 3.8) is 0 Å². The van der Waals surface area contributed by atoms with Crippen molar-refractivity contribution in [2.75, 3.05) is 19.1 Å². The molecule has 3 aromatic rings. The average molecular weight is 414 g/mol. The van der Waals surface area contributed by atoms with E-state index in [1.54, 1.807) is 19.2 Å². The Morgan fingerprint density at radius 3 is 2.10 bits per heavy atom. The van der Waals surface area contributed by atoms with Gasteiger partial charge in [-0.05, 0) is 69.3 Å². The van der Waals surface area contributed by atoms with Crippen molar-refractivity contribution in [3.05, 3.63) is 90.1 Å². The van der Waals surface area contributed by atoms with Crippen LogP contribution >= 0.6 is 0 Å². The zero-order valence-corrected chi connectivity index (χ0v) is 18.8. The fourth-order valence-electron chi connectivity index (χ4n) is 4.63. The second kappa shape index (κ2) is 7.95. The molecule has 0 saturated heterocycles. The van der Waals surface area contributed by atoms with Crippen LogP contribution in [0.2, 0.25) is 0 Å². The van der Waals surface area contributed by atoms with Crippen molar-refractivity contribution >= 4 is 22.8 Å². The van der Waals surface area contributed by atoms with Gasteiger partial charge in [-0.1, -0.05) is 18.2 Å². The predicted molar refractivity (Wildman–Crippen MR) is 127 cm³/mol. The summed E-state index contributed by atoms with van der Waals surface area (Å²) in [6, 6.07) is 23.9.